The van der Waals surface area contributed by atoms with E-state index in [4.69, 9.17) is 4.74 Å². The van der Waals surface area contributed by atoms with Crippen molar-refractivity contribution in [3.05, 3.63) is 46.7 Å². The maximum atomic E-state index is 12.1. The summed E-state index contributed by atoms with van der Waals surface area (Å²) >= 11 is 1.33. The number of carbonyl (C=O) groups excluding carboxylic acids is 2. The molecule has 5 nitrogen and oxygen atoms in total. The second-order valence-corrected chi connectivity index (χ2v) is 5.34. The number of nitrogens with one attached hydrogen (secondary N) is 2. The molecule has 0 unspecified atom stereocenters. The Kier molecular flexibility index (Phi) is 4.94. The van der Waals surface area contributed by atoms with Crippen molar-refractivity contribution in [3.8, 4) is 5.75 Å². The fourth-order valence-corrected chi connectivity index (χ4v) is 2.32. The number of ether oxygens (including phenoxy) is 1. The molecule has 0 saturated heterocycles. The molecule has 1 aromatic heterocycles. The molecule has 0 spiro atoms. The van der Waals surface area contributed by atoms with Gasteiger partial charge in [-0.3, -0.25) is 9.59 Å². The fraction of sp³-hybridized carbons (Fsp3) is 0.200. The van der Waals surface area contributed by atoms with Gasteiger partial charge in [-0.05, 0) is 30.5 Å². The zero-order valence-electron chi connectivity index (χ0n) is 11.8. The third kappa shape index (κ3) is 4.06. The van der Waals surface area contributed by atoms with E-state index < -0.39 is 6.04 Å². The number of anilines is 1. The Labute approximate surface area is 126 Å². The molecule has 0 radical (unpaired) electrons. The molecule has 21 heavy (non-hydrogen) atoms. The Morgan fingerprint density at radius 2 is 2.05 bits per heavy atom. The molecule has 1 atom stereocenters. The van der Waals surface area contributed by atoms with Gasteiger partial charge < -0.3 is 15.4 Å². The zero-order chi connectivity index (χ0) is 15.2. The minimum atomic E-state index is -0.634. The molecular formula is C15H16N2O3S. The van der Waals surface area contributed by atoms with Crippen molar-refractivity contribution in [2.75, 3.05) is 12.4 Å². The average molecular weight is 304 g/mol. The summed E-state index contributed by atoms with van der Waals surface area (Å²) in [5, 5.41) is 7.21. The van der Waals surface area contributed by atoms with Crippen molar-refractivity contribution >= 4 is 28.8 Å². The number of benzene rings is 1. The topological polar surface area (TPSA) is 67.4 Å². The van der Waals surface area contributed by atoms with Crippen LogP contribution in [0.4, 0.5) is 5.69 Å². The first-order chi connectivity index (χ1) is 10.1. The fourth-order valence-electron chi connectivity index (χ4n) is 1.69. The van der Waals surface area contributed by atoms with Gasteiger partial charge in [-0.1, -0.05) is 12.1 Å². The van der Waals surface area contributed by atoms with Gasteiger partial charge in [0, 0.05) is 11.8 Å². The van der Waals surface area contributed by atoms with Crippen LogP contribution in [-0.4, -0.2) is 25.0 Å². The van der Waals surface area contributed by atoms with Crippen LogP contribution in [0.2, 0.25) is 0 Å². The lowest BCUT2D eigenvalue weighted by molar-refractivity contribution is -0.117. The van der Waals surface area contributed by atoms with Gasteiger partial charge in [0.05, 0.1) is 12.0 Å². The minimum Gasteiger partial charge on any atom is -0.497 e. The van der Waals surface area contributed by atoms with E-state index in [1.54, 1.807) is 50.4 Å². The van der Waals surface area contributed by atoms with Crippen LogP contribution in [0.5, 0.6) is 5.75 Å². The highest BCUT2D eigenvalue weighted by atomic mass is 32.1. The molecule has 0 bridgehead atoms. The molecule has 0 aliphatic rings. The standard InChI is InChI=1S/C15H16N2O3S/c1-10(16-15(19)13-7-4-8-21-13)14(18)17-11-5-3-6-12(9-11)20-2/h3-10H,1-2H3,(H,16,19)(H,17,18)/t10-/m0/s1. The van der Waals surface area contributed by atoms with E-state index in [-0.39, 0.29) is 11.8 Å². The van der Waals surface area contributed by atoms with Crippen molar-refractivity contribution in [2.45, 2.75) is 13.0 Å². The maximum absolute atomic E-state index is 12.1. The Morgan fingerprint density at radius 1 is 1.24 bits per heavy atom. The van der Waals surface area contributed by atoms with E-state index in [9.17, 15) is 9.59 Å². The summed E-state index contributed by atoms with van der Waals surface area (Å²) in [6.45, 7) is 1.64. The zero-order valence-corrected chi connectivity index (χ0v) is 12.6. The molecule has 0 fully saturated rings. The summed E-state index contributed by atoms with van der Waals surface area (Å²) in [4.78, 5) is 24.5. The Bertz CT molecular complexity index is 626. The molecular weight excluding hydrogens is 288 g/mol. The quantitative estimate of drug-likeness (QED) is 0.892. The van der Waals surface area contributed by atoms with Crippen LogP contribution in [-0.2, 0) is 4.79 Å². The number of hydrogen-bond acceptors (Lipinski definition) is 4. The lowest BCUT2D eigenvalue weighted by atomic mass is 10.2. The number of methoxy groups -OCH3 is 1. The summed E-state index contributed by atoms with van der Waals surface area (Å²) in [7, 11) is 1.56. The first kappa shape index (κ1) is 15.1. The van der Waals surface area contributed by atoms with Gasteiger partial charge >= 0.3 is 0 Å². The van der Waals surface area contributed by atoms with Crippen LogP contribution >= 0.6 is 11.3 Å². The molecule has 1 aromatic carbocycles. The van der Waals surface area contributed by atoms with E-state index in [0.717, 1.165) is 0 Å². The Hall–Kier alpha value is -2.34. The first-order valence-corrected chi connectivity index (χ1v) is 7.27. The van der Waals surface area contributed by atoms with Gasteiger partial charge in [-0.25, -0.2) is 0 Å². The molecule has 1 heterocycles. The molecule has 2 amide bonds. The lowest BCUT2D eigenvalue weighted by Crippen LogP contribution is -2.41. The summed E-state index contributed by atoms with van der Waals surface area (Å²) in [5.41, 5.74) is 0.622. The highest BCUT2D eigenvalue weighted by Gasteiger charge is 2.17. The van der Waals surface area contributed by atoms with E-state index in [1.807, 2.05) is 5.38 Å². The van der Waals surface area contributed by atoms with Crippen LogP contribution < -0.4 is 15.4 Å². The van der Waals surface area contributed by atoms with E-state index in [0.29, 0.717) is 16.3 Å². The highest BCUT2D eigenvalue weighted by Crippen LogP contribution is 2.16. The summed E-state index contributed by atoms with van der Waals surface area (Å²) in [6, 6.07) is 9.92. The van der Waals surface area contributed by atoms with E-state index in [2.05, 4.69) is 10.6 Å². The van der Waals surface area contributed by atoms with Crippen molar-refractivity contribution < 1.29 is 14.3 Å². The van der Waals surface area contributed by atoms with Gasteiger partial charge in [0.1, 0.15) is 11.8 Å². The number of hydrogen-bond donors (Lipinski definition) is 2. The van der Waals surface area contributed by atoms with Gasteiger partial charge in [0.2, 0.25) is 5.91 Å². The van der Waals surface area contributed by atoms with Crippen LogP contribution in [0.3, 0.4) is 0 Å². The Balaban J connectivity index is 1.94. The summed E-state index contributed by atoms with van der Waals surface area (Å²) in [6.07, 6.45) is 0. The maximum Gasteiger partial charge on any atom is 0.261 e. The normalized spacial score (nSPS) is 11.5. The minimum absolute atomic E-state index is 0.252. The number of rotatable bonds is 5. The van der Waals surface area contributed by atoms with Gasteiger partial charge in [0.15, 0.2) is 0 Å². The lowest BCUT2D eigenvalue weighted by Gasteiger charge is -2.14. The Morgan fingerprint density at radius 3 is 2.71 bits per heavy atom. The molecule has 0 saturated carbocycles. The molecule has 110 valence electrons. The van der Waals surface area contributed by atoms with Gasteiger partial charge in [-0.15, -0.1) is 11.3 Å². The molecule has 0 aliphatic carbocycles. The van der Waals surface area contributed by atoms with Gasteiger partial charge in [0.25, 0.3) is 5.91 Å². The SMILES string of the molecule is COc1cccc(NC(=O)[C@H](C)NC(=O)c2cccs2)c1. The average Bonchev–Trinajstić information content (AvgIpc) is 3.01. The largest absolute Gasteiger partial charge is 0.497 e. The number of carbonyl (C=O) groups is 2. The van der Waals surface area contributed by atoms with Crippen LogP contribution in [0.1, 0.15) is 16.6 Å². The van der Waals surface area contributed by atoms with Gasteiger partial charge in [-0.2, -0.15) is 0 Å². The second-order valence-electron chi connectivity index (χ2n) is 4.39. The van der Waals surface area contributed by atoms with Crippen molar-refractivity contribution in [1.29, 1.82) is 0 Å². The van der Waals surface area contributed by atoms with Crippen LogP contribution in [0.15, 0.2) is 41.8 Å². The summed E-state index contributed by atoms with van der Waals surface area (Å²) < 4.78 is 5.09. The smallest absolute Gasteiger partial charge is 0.261 e. The summed E-state index contributed by atoms with van der Waals surface area (Å²) in [5.74, 6) is 0.120. The monoisotopic (exact) mass is 304 g/mol. The second kappa shape index (κ2) is 6.90. The predicted molar refractivity (Wildman–Crippen MR) is 82.9 cm³/mol. The molecule has 6 heteroatoms. The third-order valence-electron chi connectivity index (χ3n) is 2.82. The molecule has 2 rings (SSSR count). The molecule has 0 aliphatic heterocycles. The first-order valence-electron chi connectivity index (χ1n) is 6.39. The van der Waals surface area contributed by atoms with Crippen LogP contribution in [0, 0.1) is 0 Å². The highest BCUT2D eigenvalue weighted by molar-refractivity contribution is 7.12. The number of thiophene rings is 1. The van der Waals surface area contributed by atoms with Crippen LogP contribution in [0.25, 0.3) is 0 Å². The predicted octanol–water partition coefficient (Wildman–Crippen LogP) is 2.51. The molecule has 2 N–H and O–H groups in total. The number of amides is 2. The van der Waals surface area contributed by atoms with E-state index >= 15 is 0 Å². The van der Waals surface area contributed by atoms with Crippen molar-refractivity contribution in [1.82, 2.24) is 5.32 Å². The van der Waals surface area contributed by atoms with Crippen molar-refractivity contribution in [2.24, 2.45) is 0 Å². The van der Waals surface area contributed by atoms with Crippen molar-refractivity contribution in [3.63, 3.8) is 0 Å². The third-order valence-corrected chi connectivity index (χ3v) is 3.69. The molecule has 2 aromatic rings. The van der Waals surface area contributed by atoms with E-state index in [1.165, 1.54) is 11.3 Å².